The first-order chi connectivity index (χ1) is 8.97. The zero-order valence-electron chi connectivity index (χ0n) is 9.96. The molecule has 2 unspecified atom stereocenters. The lowest BCUT2D eigenvalue weighted by atomic mass is 10.1. The summed E-state index contributed by atoms with van der Waals surface area (Å²) >= 11 is 0. The van der Waals surface area contributed by atoms with Crippen LogP contribution in [0, 0.1) is 16.0 Å². The molecule has 2 rings (SSSR count). The van der Waals surface area contributed by atoms with Crippen LogP contribution in [0.15, 0.2) is 12.1 Å². The van der Waals surface area contributed by atoms with Gasteiger partial charge in [0.2, 0.25) is 0 Å². The number of nitro groups is 1. The molecule has 102 valence electrons. The van der Waals surface area contributed by atoms with E-state index in [1.54, 1.807) is 0 Å². The summed E-state index contributed by atoms with van der Waals surface area (Å²) in [4.78, 5) is 34.8. The molecule has 2 atom stereocenters. The van der Waals surface area contributed by atoms with Gasteiger partial charge in [-0.3, -0.25) is 9.59 Å². The van der Waals surface area contributed by atoms with Crippen LogP contribution in [0.2, 0.25) is 0 Å². The third-order valence-corrected chi connectivity index (χ3v) is 3.23. The maximum atomic E-state index is 11.8. The maximum Gasteiger partial charge on any atom is 0.321 e. The Labute approximate surface area is 108 Å². The van der Waals surface area contributed by atoms with E-state index in [0.29, 0.717) is 19.3 Å². The quantitative estimate of drug-likeness (QED) is 0.552. The number of rotatable bonds is 4. The van der Waals surface area contributed by atoms with Gasteiger partial charge < -0.3 is 20.5 Å². The molecule has 8 nitrogen and oxygen atoms in total. The molecule has 1 aliphatic rings. The van der Waals surface area contributed by atoms with Crippen LogP contribution in [-0.2, 0) is 4.79 Å². The molecule has 0 radical (unpaired) electrons. The van der Waals surface area contributed by atoms with Crippen molar-refractivity contribution in [2.45, 2.75) is 25.3 Å². The molecule has 1 aromatic rings. The molecule has 0 aromatic carbocycles. The Kier molecular flexibility index (Phi) is 3.50. The number of H-pyrrole nitrogens is 1. The molecule has 1 saturated carbocycles. The maximum absolute atomic E-state index is 11.8. The summed E-state index contributed by atoms with van der Waals surface area (Å²) in [5.74, 6) is -1.99. The molecule has 1 aliphatic carbocycles. The number of carbonyl (C=O) groups excluding carboxylic acids is 1. The summed E-state index contributed by atoms with van der Waals surface area (Å²) in [5.41, 5.74) is 0.102. The molecule has 0 spiro atoms. The minimum Gasteiger partial charge on any atom is -0.481 e. The van der Waals surface area contributed by atoms with Crippen molar-refractivity contribution in [3.05, 3.63) is 27.9 Å². The molecule has 1 heterocycles. The summed E-state index contributed by atoms with van der Waals surface area (Å²) < 4.78 is 0. The smallest absolute Gasteiger partial charge is 0.321 e. The van der Waals surface area contributed by atoms with Crippen molar-refractivity contribution in [2.24, 2.45) is 5.92 Å². The summed E-state index contributed by atoms with van der Waals surface area (Å²) in [6, 6.07) is 2.34. The van der Waals surface area contributed by atoms with Gasteiger partial charge in [-0.15, -0.1) is 0 Å². The molecule has 0 aliphatic heterocycles. The van der Waals surface area contributed by atoms with Gasteiger partial charge >= 0.3 is 11.8 Å². The Morgan fingerprint density at radius 1 is 1.42 bits per heavy atom. The number of carboxylic acid groups (broad SMARTS) is 1. The zero-order valence-corrected chi connectivity index (χ0v) is 9.96. The number of carbonyl (C=O) groups is 2. The molecule has 0 saturated heterocycles. The molecular formula is C11H13N3O5. The predicted molar refractivity (Wildman–Crippen MR) is 63.7 cm³/mol. The van der Waals surface area contributed by atoms with Crippen molar-refractivity contribution >= 4 is 17.7 Å². The van der Waals surface area contributed by atoms with E-state index < -0.39 is 22.7 Å². The van der Waals surface area contributed by atoms with Crippen LogP contribution < -0.4 is 5.32 Å². The topological polar surface area (TPSA) is 125 Å². The summed E-state index contributed by atoms with van der Waals surface area (Å²) in [7, 11) is 0. The van der Waals surface area contributed by atoms with Crippen molar-refractivity contribution in [3.63, 3.8) is 0 Å². The summed E-state index contributed by atoms with van der Waals surface area (Å²) in [6.07, 6.45) is 1.53. The number of carboxylic acids is 1. The molecular weight excluding hydrogens is 254 g/mol. The number of nitrogens with zero attached hydrogens (tertiary/aromatic N) is 1. The van der Waals surface area contributed by atoms with Gasteiger partial charge in [-0.1, -0.05) is 0 Å². The number of aromatic nitrogens is 1. The summed E-state index contributed by atoms with van der Waals surface area (Å²) in [5, 5.41) is 22.0. The summed E-state index contributed by atoms with van der Waals surface area (Å²) in [6.45, 7) is 0. The third-order valence-electron chi connectivity index (χ3n) is 3.23. The minimum atomic E-state index is -0.854. The minimum absolute atomic E-state index is 0.102. The van der Waals surface area contributed by atoms with Gasteiger partial charge in [0.05, 0.1) is 5.92 Å². The zero-order chi connectivity index (χ0) is 14.0. The highest BCUT2D eigenvalue weighted by Crippen LogP contribution is 2.25. The second kappa shape index (κ2) is 5.09. The Hall–Kier alpha value is -2.38. The Balaban J connectivity index is 1.94. The predicted octanol–water partition coefficient (Wildman–Crippen LogP) is 0.906. The first kappa shape index (κ1) is 13.1. The largest absolute Gasteiger partial charge is 0.481 e. The number of hydrogen-bond donors (Lipinski definition) is 3. The standard InChI is InChI=1S/C11H13N3O5/c15-10(8-3-4-9(13-8)14(18)19)12-7-2-1-6(5-7)11(16)17/h3-4,6-7,13H,1-2,5H2,(H,12,15)(H,16,17). The van der Waals surface area contributed by atoms with Gasteiger partial charge in [-0.05, 0) is 30.3 Å². The van der Waals surface area contributed by atoms with Crippen LogP contribution in [0.5, 0.6) is 0 Å². The van der Waals surface area contributed by atoms with Crippen LogP contribution in [-0.4, -0.2) is 32.9 Å². The van der Waals surface area contributed by atoms with Gasteiger partial charge in [0.25, 0.3) is 5.91 Å². The molecule has 0 bridgehead atoms. The van der Waals surface area contributed by atoms with E-state index in [-0.39, 0.29) is 17.6 Å². The number of amides is 1. The first-order valence-corrected chi connectivity index (χ1v) is 5.84. The number of hydrogen-bond acceptors (Lipinski definition) is 4. The fourth-order valence-electron chi connectivity index (χ4n) is 2.22. The molecule has 19 heavy (non-hydrogen) atoms. The van der Waals surface area contributed by atoms with Crippen molar-refractivity contribution < 1.29 is 19.6 Å². The SMILES string of the molecule is O=C(NC1CCC(C(=O)O)C1)c1ccc([N+](=O)[O-])[nH]1. The Morgan fingerprint density at radius 2 is 2.16 bits per heavy atom. The lowest BCUT2D eigenvalue weighted by molar-refractivity contribution is -0.389. The highest BCUT2D eigenvalue weighted by molar-refractivity contribution is 5.93. The fraction of sp³-hybridized carbons (Fsp3) is 0.455. The highest BCUT2D eigenvalue weighted by atomic mass is 16.6. The lowest BCUT2D eigenvalue weighted by Gasteiger charge is -2.10. The van der Waals surface area contributed by atoms with Crippen LogP contribution >= 0.6 is 0 Å². The van der Waals surface area contributed by atoms with Gasteiger partial charge in [0, 0.05) is 12.1 Å². The average molecular weight is 267 g/mol. The van der Waals surface area contributed by atoms with Crippen molar-refractivity contribution in [2.75, 3.05) is 0 Å². The van der Waals surface area contributed by atoms with Crippen LogP contribution in [0.25, 0.3) is 0 Å². The van der Waals surface area contributed by atoms with E-state index in [4.69, 9.17) is 5.11 Å². The van der Waals surface area contributed by atoms with E-state index >= 15 is 0 Å². The molecule has 8 heteroatoms. The Morgan fingerprint density at radius 3 is 2.68 bits per heavy atom. The molecule has 3 N–H and O–H groups in total. The van der Waals surface area contributed by atoms with E-state index in [2.05, 4.69) is 10.3 Å². The second-order valence-electron chi connectivity index (χ2n) is 4.53. The van der Waals surface area contributed by atoms with Crippen molar-refractivity contribution in [3.8, 4) is 0 Å². The van der Waals surface area contributed by atoms with Crippen molar-refractivity contribution in [1.29, 1.82) is 0 Å². The van der Waals surface area contributed by atoms with E-state index in [0.717, 1.165) is 0 Å². The van der Waals surface area contributed by atoms with Gasteiger partial charge in [-0.25, -0.2) is 4.98 Å². The van der Waals surface area contributed by atoms with Crippen LogP contribution in [0.1, 0.15) is 29.8 Å². The first-order valence-electron chi connectivity index (χ1n) is 5.84. The molecule has 1 amide bonds. The number of aromatic amines is 1. The average Bonchev–Trinajstić information content (AvgIpc) is 2.96. The van der Waals surface area contributed by atoms with Crippen molar-refractivity contribution in [1.82, 2.24) is 10.3 Å². The molecule has 1 fully saturated rings. The number of aliphatic carboxylic acids is 1. The van der Waals surface area contributed by atoms with Gasteiger partial charge in [0.15, 0.2) is 5.69 Å². The third kappa shape index (κ3) is 2.90. The van der Waals surface area contributed by atoms with Crippen LogP contribution in [0.4, 0.5) is 5.82 Å². The second-order valence-corrected chi connectivity index (χ2v) is 4.53. The van der Waals surface area contributed by atoms with Gasteiger partial charge in [0.1, 0.15) is 0 Å². The highest BCUT2D eigenvalue weighted by Gasteiger charge is 2.31. The van der Waals surface area contributed by atoms with E-state index in [1.807, 2.05) is 0 Å². The van der Waals surface area contributed by atoms with E-state index in [1.165, 1.54) is 12.1 Å². The lowest BCUT2D eigenvalue weighted by Crippen LogP contribution is -2.33. The Bertz CT molecular complexity index is 524. The fourth-order valence-corrected chi connectivity index (χ4v) is 2.22. The van der Waals surface area contributed by atoms with Gasteiger partial charge in [-0.2, -0.15) is 0 Å². The van der Waals surface area contributed by atoms with Crippen LogP contribution in [0.3, 0.4) is 0 Å². The normalized spacial score (nSPS) is 22.1. The monoisotopic (exact) mass is 267 g/mol. The number of nitrogens with one attached hydrogen (secondary N) is 2. The molecule has 1 aromatic heterocycles. The van der Waals surface area contributed by atoms with E-state index in [9.17, 15) is 19.7 Å².